The van der Waals surface area contributed by atoms with Crippen LogP contribution in [-0.2, 0) is 6.18 Å². The lowest BCUT2D eigenvalue weighted by Gasteiger charge is -2.09. The Morgan fingerprint density at radius 2 is 1.65 bits per heavy atom. The molecule has 4 aromatic rings. The van der Waals surface area contributed by atoms with Crippen LogP contribution in [0, 0.1) is 0 Å². The molecule has 0 unspecified atom stereocenters. The molecule has 0 fully saturated rings. The molecule has 3 nitrogen and oxygen atoms in total. The second-order valence-corrected chi connectivity index (χ2v) is 5.79. The second-order valence-electron chi connectivity index (χ2n) is 5.79. The highest BCUT2D eigenvalue weighted by Gasteiger charge is 2.29. The molecule has 6 heteroatoms. The van der Waals surface area contributed by atoms with Crippen molar-refractivity contribution in [3.8, 4) is 22.8 Å². The average molecular weight is 354 g/mol. The van der Waals surface area contributed by atoms with Crippen LogP contribution in [-0.4, -0.2) is 9.97 Å². The first-order valence-electron chi connectivity index (χ1n) is 7.88. The minimum Gasteiger partial charge on any atom is -0.439 e. The molecule has 4 rings (SSSR count). The van der Waals surface area contributed by atoms with E-state index in [4.69, 9.17) is 4.74 Å². The summed E-state index contributed by atoms with van der Waals surface area (Å²) in [6, 6.07) is 16.0. The first kappa shape index (κ1) is 16.2. The number of aromatic nitrogens is 2. The number of nitrogens with one attached hydrogen (secondary N) is 1. The van der Waals surface area contributed by atoms with Gasteiger partial charge in [0.25, 0.3) is 0 Å². The molecule has 2 aromatic heterocycles. The quantitative estimate of drug-likeness (QED) is 0.487. The van der Waals surface area contributed by atoms with Gasteiger partial charge in [-0.25, -0.2) is 4.98 Å². The van der Waals surface area contributed by atoms with Crippen molar-refractivity contribution in [2.45, 2.75) is 6.18 Å². The lowest BCUT2D eigenvalue weighted by Crippen LogP contribution is -2.03. The maximum atomic E-state index is 12.7. The number of rotatable bonds is 3. The highest BCUT2D eigenvalue weighted by atomic mass is 19.4. The monoisotopic (exact) mass is 354 g/mol. The Hall–Kier alpha value is -3.28. The van der Waals surface area contributed by atoms with Gasteiger partial charge in [0.2, 0.25) is 5.88 Å². The van der Waals surface area contributed by atoms with Crippen molar-refractivity contribution in [1.82, 2.24) is 9.97 Å². The van der Waals surface area contributed by atoms with E-state index in [1.807, 2.05) is 30.5 Å². The largest absolute Gasteiger partial charge is 0.439 e. The highest BCUT2D eigenvalue weighted by Crippen LogP contribution is 2.32. The Labute approximate surface area is 147 Å². The van der Waals surface area contributed by atoms with Gasteiger partial charge in [0.15, 0.2) is 0 Å². The molecule has 0 saturated heterocycles. The number of halogens is 3. The number of hydrogen-bond acceptors (Lipinski definition) is 2. The standard InChI is InChI=1S/C20H13F3N2O/c21-20(22,23)16-3-1-13(2-4-16)14-7-10-25-19(12-14)26-17-5-6-18-15(11-17)8-9-24-18/h1-12,24H. The van der Waals surface area contributed by atoms with E-state index in [2.05, 4.69) is 9.97 Å². The van der Waals surface area contributed by atoms with Crippen LogP contribution < -0.4 is 4.74 Å². The number of nitrogens with zero attached hydrogens (tertiary/aromatic N) is 1. The molecule has 2 heterocycles. The van der Waals surface area contributed by atoms with E-state index in [-0.39, 0.29) is 0 Å². The van der Waals surface area contributed by atoms with E-state index in [1.165, 1.54) is 12.1 Å². The SMILES string of the molecule is FC(F)(F)c1ccc(-c2ccnc(Oc3ccc4[nH]ccc4c3)c2)cc1. The predicted molar refractivity (Wildman–Crippen MR) is 93.0 cm³/mol. The van der Waals surface area contributed by atoms with Gasteiger partial charge in [-0.05, 0) is 53.6 Å². The van der Waals surface area contributed by atoms with Gasteiger partial charge in [0.05, 0.1) is 5.56 Å². The first-order chi connectivity index (χ1) is 12.5. The Kier molecular flexibility index (Phi) is 3.88. The Morgan fingerprint density at radius 3 is 2.42 bits per heavy atom. The Morgan fingerprint density at radius 1 is 0.846 bits per heavy atom. The molecule has 0 atom stereocenters. The number of ether oxygens (including phenoxy) is 1. The van der Waals surface area contributed by atoms with Crippen LogP contribution in [0.3, 0.4) is 0 Å². The first-order valence-corrected chi connectivity index (χ1v) is 7.88. The summed E-state index contributed by atoms with van der Waals surface area (Å²) in [5.41, 5.74) is 1.72. The number of aromatic amines is 1. The summed E-state index contributed by atoms with van der Waals surface area (Å²) in [4.78, 5) is 7.28. The summed E-state index contributed by atoms with van der Waals surface area (Å²) in [7, 11) is 0. The highest BCUT2D eigenvalue weighted by molar-refractivity contribution is 5.80. The molecule has 0 aliphatic heterocycles. The number of benzene rings is 2. The van der Waals surface area contributed by atoms with Gasteiger partial charge in [-0.1, -0.05) is 12.1 Å². The molecular weight excluding hydrogens is 341 g/mol. The summed E-state index contributed by atoms with van der Waals surface area (Å²) < 4.78 is 43.8. The van der Waals surface area contributed by atoms with Gasteiger partial charge >= 0.3 is 6.18 Å². The van der Waals surface area contributed by atoms with E-state index >= 15 is 0 Å². The van der Waals surface area contributed by atoms with Crippen LogP contribution in [0.15, 0.2) is 73.1 Å². The second kappa shape index (κ2) is 6.22. The summed E-state index contributed by atoms with van der Waals surface area (Å²) in [5, 5.41) is 1.02. The van der Waals surface area contributed by atoms with Gasteiger partial charge in [-0.2, -0.15) is 13.2 Å². The molecule has 0 bridgehead atoms. The smallest absolute Gasteiger partial charge is 0.416 e. The van der Waals surface area contributed by atoms with Gasteiger partial charge in [-0.3, -0.25) is 0 Å². The molecule has 26 heavy (non-hydrogen) atoms. The van der Waals surface area contributed by atoms with Gasteiger partial charge < -0.3 is 9.72 Å². The maximum Gasteiger partial charge on any atom is 0.416 e. The lowest BCUT2D eigenvalue weighted by atomic mass is 10.0. The van der Waals surface area contributed by atoms with Crippen LogP contribution in [0.2, 0.25) is 0 Å². The van der Waals surface area contributed by atoms with E-state index in [1.54, 1.807) is 18.3 Å². The van der Waals surface area contributed by atoms with Crippen LogP contribution in [0.1, 0.15) is 5.56 Å². The lowest BCUT2D eigenvalue weighted by molar-refractivity contribution is -0.137. The fraction of sp³-hybridized carbons (Fsp3) is 0.0500. The topological polar surface area (TPSA) is 37.9 Å². The molecule has 1 N–H and O–H groups in total. The zero-order chi connectivity index (χ0) is 18.1. The molecular formula is C20H13F3N2O. The minimum absolute atomic E-state index is 0.372. The van der Waals surface area contributed by atoms with Crippen molar-refractivity contribution in [2.24, 2.45) is 0 Å². The van der Waals surface area contributed by atoms with Crippen molar-refractivity contribution < 1.29 is 17.9 Å². The molecule has 2 aromatic carbocycles. The Bertz CT molecular complexity index is 1050. The van der Waals surface area contributed by atoms with Crippen molar-refractivity contribution >= 4 is 10.9 Å². The molecule has 0 aliphatic carbocycles. The number of H-pyrrole nitrogens is 1. The average Bonchev–Trinajstić information content (AvgIpc) is 3.09. The third kappa shape index (κ3) is 3.26. The molecule has 0 amide bonds. The number of fused-ring (bicyclic) bond motifs is 1. The van der Waals surface area contributed by atoms with E-state index < -0.39 is 11.7 Å². The molecule has 0 aliphatic rings. The van der Waals surface area contributed by atoms with Crippen LogP contribution in [0.25, 0.3) is 22.0 Å². The predicted octanol–water partition coefficient (Wildman–Crippen LogP) is 6.04. The number of hydrogen-bond donors (Lipinski definition) is 1. The Balaban J connectivity index is 1.60. The van der Waals surface area contributed by atoms with Crippen molar-refractivity contribution in [3.05, 3.63) is 78.6 Å². The van der Waals surface area contributed by atoms with Crippen LogP contribution in [0.4, 0.5) is 13.2 Å². The fourth-order valence-corrected chi connectivity index (χ4v) is 2.71. The summed E-state index contributed by atoms with van der Waals surface area (Å²) in [5.74, 6) is 1.01. The summed E-state index contributed by atoms with van der Waals surface area (Å²) in [6.45, 7) is 0. The third-order valence-corrected chi connectivity index (χ3v) is 4.03. The van der Waals surface area contributed by atoms with E-state index in [0.29, 0.717) is 17.2 Å². The van der Waals surface area contributed by atoms with Gasteiger partial charge in [0.1, 0.15) is 5.75 Å². The zero-order valence-corrected chi connectivity index (χ0v) is 13.4. The van der Waals surface area contributed by atoms with E-state index in [0.717, 1.165) is 28.6 Å². The van der Waals surface area contributed by atoms with Gasteiger partial charge in [0, 0.05) is 29.4 Å². The molecule has 130 valence electrons. The number of alkyl halides is 3. The van der Waals surface area contributed by atoms with E-state index in [9.17, 15) is 13.2 Å². The maximum absolute atomic E-state index is 12.7. The minimum atomic E-state index is -4.35. The zero-order valence-electron chi connectivity index (χ0n) is 13.4. The molecule has 0 spiro atoms. The molecule has 0 saturated carbocycles. The van der Waals surface area contributed by atoms with Gasteiger partial charge in [-0.15, -0.1) is 0 Å². The number of pyridine rings is 1. The summed E-state index contributed by atoms with van der Waals surface area (Å²) >= 11 is 0. The summed E-state index contributed by atoms with van der Waals surface area (Å²) in [6.07, 6.45) is -0.934. The van der Waals surface area contributed by atoms with Crippen LogP contribution in [0.5, 0.6) is 11.6 Å². The van der Waals surface area contributed by atoms with Crippen molar-refractivity contribution in [1.29, 1.82) is 0 Å². The third-order valence-electron chi connectivity index (χ3n) is 4.03. The normalized spacial score (nSPS) is 11.7. The molecule has 0 radical (unpaired) electrons. The van der Waals surface area contributed by atoms with Crippen molar-refractivity contribution in [2.75, 3.05) is 0 Å². The van der Waals surface area contributed by atoms with Crippen molar-refractivity contribution in [3.63, 3.8) is 0 Å². The fourth-order valence-electron chi connectivity index (χ4n) is 2.71. The van der Waals surface area contributed by atoms with Crippen LogP contribution >= 0.6 is 0 Å².